The SMILES string of the molecule is CCN(c1cc(-c2ccc(C[N+]3(C)CCOCC3)cc2)cc(C(=O)NCc2c(C)cc(C)[nH]c2=O)c1C)C1CCOCC1. The van der Waals surface area contributed by atoms with Gasteiger partial charge in [-0.2, -0.15) is 0 Å². The number of carbonyl (C=O) groups excluding carboxylic acids is 1. The summed E-state index contributed by atoms with van der Waals surface area (Å²) in [6, 6.07) is 15.3. The van der Waals surface area contributed by atoms with Crippen LogP contribution in [0.5, 0.6) is 0 Å². The van der Waals surface area contributed by atoms with Gasteiger partial charge in [0, 0.05) is 60.4 Å². The third-order valence-electron chi connectivity index (χ3n) is 9.23. The Bertz CT molecular complexity index is 1480. The molecule has 3 heterocycles. The zero-order valence-corrected chi connectivity index (χ0v) is 26.4. The summed E-state index contributed by atoms with van der Waals surface area (Å²) in [5.74, 6) is -0.177. The van der Waals surface area contributed by atoms with Crippen LogP contribution in [-0.2, 0) is 22.6 Å². The van der Waals surface area contributed by atoms with E-state index in [4.69, 9.17) is 9.47 Å². The van der Waals surface area contributed by atoms with E-state index in [-0.39, 0.29) is 18.0 Å². The molecule has 2 aliphatic rings. The highest BCUT2D eigenvalue weighted by Gasteiger charge is 2.27. The van der Waals surface area contributed by atoms with E-state index in [0.29, 0.717) is 17.2 Å². The van der Waals surface area contributed by atoms with Crippen LogP contribution in [0.1, 0.15) is 58.1 Å². The Hall–Kier alpha value is -3.46. The topological polar surface area (TPSA) is 83.7 Å². The van der Waals surface area contributed by atoms with Crippen molar-refractivity contribution in [1.82, 2.24) is 10.3 Å². The molecule has 5 rings (SSSR count). The van der Waals surface area contributed by atoms with Gasteiger partial charge in [-0.25, -0.2) is 0 Å². The maximum absolute atomic E-state index is 13.8. The first-order valence-electron chi connectivity index (χ1n) is 15.6. The summed E-state index contributed by atoms with van der Waals surface area (Å²) in [4.78, 5) is 31.7. The van der Waals surface area contributed by atoms with Crippen molar-refractivity contribution in [3.8, 4) is 11.1 Å². The van der Waals surface area contributed by atoms with Crippen LogP contribution >= 0.6 is 0 Å². The van der Waals surface area contributed by atoms with Crippen LogP contribution in [0.2, 0.25) is 0 Å². The number of morpholine rings is 1. The Kier molecular flexibility index (Phi) is 9.69. The van der Waals surface area contributed by atoms with Crippen molar-refractivity contribution in [3.05, 3.63) is 86.3 Å². The number of likely N-dealkylation sites (N-methyl/N-ethyl adjacent to an activating group) is 1. The predicted octanol–water partition coefficient (Wildman–Crippen LogP) is 4.88. The average Bonchev–Trinajstić information content (AvgIpc) is 2.99. The van der Waals surface area contributed by atoms with Crippen LogP contribution in [0.3, 0.4) is 0 Å². The van der Waals surface area contributed by atoms with E-state index < -0.39 is 0 Å². The number of benzene rings is 2. The zero-order valence-electron chi connectivity index (χ0n) is 26.4. The largest absolute Gasteiger partial charge is 0.381 e. The summed E-state index contributed by atoms with van der Waals surface area (Å²) in [7, 11) is 2.30. The lowest BCUT2D eigenvalue weighted by Crippen LogP contribution is -2.51. The van der Waals surface area contributed by atoms with Crippen molar-refractivity contribution < 1.29 is 18.8 Å². The first-order valence-corrected chi connectivity index (χ1v) is 15.6. The molecule has 3 aromatic rings. The lowest BCUT2D eigenvalue weighted by atomic mass is 9.94. The summed E-state index contributed by atoms with van der Waals surface area (Å²) in [6.45, 7) is 15.1. The van der Waals surface area contributed by atoms with Crippen molar-refractivity contribution in [2.24, 2.45) is 0 Å². The maximum Gasteiger partial charge on any atom is 0.253 e. The highest BCUT2D eigenvalue weighted by molar-refractivity contribution is 5.99. The molecule has 0 saturated carbocycles. The van der Waals surface area contributed by atoms with Crippen molar-refractivity contribution in [1.29, 1.82) is 0 Å². The lowest BCUT2D eigenvalue weighted by Gasteiger charge is -2.37. The zero-order chi connectivity index (χ0) is 30.6. The summed E-state index contributed by atoms with van der Waals surface area (Å²) in [5.41, 5.74) is 8.16. The quantitative estimate of drug-likeness (QED) is 0.349. The maximum atomic E-state index is 13.8. The number of aryl methyl sites for hydroxylation is 2. The number of anilines is 1. The van der Waals surface area contributed by atoms with Gasteiger partial charge in [0.05, 0.1) is 20.3 Å². The van der Waals surface area contributed by atoms with E-state index in [1.165, 1.54) is 5.56 Å². The molecule has 1 amide bonds. The first-order chi connectivity index (χ1) is 20.7. The minimum atomic E-state index is -0.177. The third kappa shape index (κ3) is 7.20. The number of rotatable bonds is 9. The Morgan fingerprint density at radius 3 is 2.30 bits per heavy atom. The van der Waals surface area contributed by atoms with Gasteiger partial charge < -0.3 is 29.2 Å². The molecule has 0 spiro atoms. The number of hydrogen-bond donors (Lipinski definition) is 2. The summed E-state index contributed by atoms with van der Waals surface area (Å²) >= 11 is 0. The number of nitrogens with one attached hydrogen (secondary N) is 2. The first kappa shape index (κ1) is 31.0. The Morgan fingerprint density at radius 2 is 1.65 bits per heavy atom. The molecule has 8 heteroatoms. The van der Waals surface area contributed by atoms with E-state index >= 15 is 0 Å². The molecule has 0 radical (unpaired) electrons. The van der Waals surface area contributed by atoms with Crippen LogP contribution in [0, 0.1) is 20.8 Å². The number of quaternary nitrogens is 1. The number of H-pyrrole nitrogens is 1. The molecule has 0 unspecified atom stereocenters. The summed E-state index contributed by atoms with van der Waals surface area (Å²) < 4.78 is 12.2. The van der Waals surface area contributed by atoms with E-state index in [9.17, 15) is 9.59 Å². The number of carbonyl (C=O) groups is 1. The predicted molar refractivity (Wildman–Crippen MR) is 172 cm³/mol. The molecule has 2 aromatic carbocycles. The Morgan fingerprint density at radius 1 is 0.977 bits per heavy atom. The van der Waals surface area contributed by atoms with Crippen molar-refractivity contribution in [2.75, 3.05) is 58.0 Å². The molecular weight excluding hydrogens is 540 g/mol. The van der Waals surface area contributed by atoms with Gasteiger partial charge in [0.15, 0.2) is 0 Å². The van der Waals surface area contributed by atoms with E-state index in [2.05, 4.69) is 59.5 Å². The molecule has 2 aliphatic heterocycles. The number of aromatic amines is 1. The van der Waals surface area contributed by atoms with Crippen LogP contribution in [0.25, 0.3) is 11.1 Å². The smallest absolute Gasteiger partial charge is 0.253 e. The van der Waals surface area contributed by atoms with Gasteiger partial charge >= 0.3 is 0 Å². The molecule has 2 saturated heterocycles. The fourth-order valence-electron chi connectivity index (χ4n) is 6.57. The summed E-state index contributed by atoms with van der Waals surface area (Å²) in [5, 5.41) is 3.05. The molecule has 2 fully saturated rings. The van der Waals surface area contributed by atoms with Crippen LogP contribution in [-0.4, -0.2) is 74.5 Å². The third-order valence-corrected chi connectivity index (χ3v) is 9.23. The van der Waals surface area contributed by atoms with Gasteiger partial charge in [0.2, 0.25) is 0 Å². The summed E-state index contributed by atoms with van der Waals surface area (Å²) in [6.07, 6.45) is 1.93. The van der Waals surface area contributed by atoms with E-state index in [1.54, 1.807) is 0 Å². The molecule has 0 aliphatic carbocycles. The molecule has 8 nitrogen and oxygen atoms in total. The van der Waals surface area contributed by atoms with Crippen LogP contribution in [0.4, 0.5) is 5.69 Å². The second-order valence-corrected chi connectivity index (χ2v) is 12.5. The highest BCUT2D eigenvalue weighted by Crippen LogP contribution is 2.34. The standard InChI is InChI=1S/C35H46N4O4/c1-6-38(30-11-15-42-16-12-30)33-21-29(28-9-7-27(8-10-28)23-39(5)13-17-43-18-14-39)20-31(26(33)4)34(40)36-22-32-24(2)19-25(3)37-35(32)41/h7-10,19-21,30H,6,11-18,22-23H2,1-5H3,(H-,36,37,40,41)/p+1. The van der Waals surface area contributed by atoms with Crippen molar-refractivity contribution in [3.63, 3.8) is 0 Å². The second-order valence-electron chi connectivity index (χ2n) is 12.5. The minimum absolute atomic E-state index is 0.158. The number of amides is 1. The number of nitrogens with zero attached hydrogens (tertiary/aromatic N) is 2. The van der Waals surface area contributed by atoms with Gasteiger partial charge in [-0.1, -0.05) is 24.3 Å². The fraction of sp³-hybridized carbons (Fsp3) is 0.486. The number of pyridine rings is 1. The lowest BCUT2D eigenvalue weighted by molar-refractivity contribution is -0.929. The van der Waals surface area contributed by atoms with Gasteiger partial charge in [0.25, 0.3) is 11.5 Å². The molecule has 0 bridgehead atoms. The number of ether oxygens (including phenoxy) is 2. The van der Waals surface area contributed by atoms with Gasteiger partial charge in [-0.15, -0.1) is 0 Å². The average molecular weight is 588 g/mol. The molecule has 0 atom stereocenters. The highest BCUT2D eigenvalue weighted by atomic mass is 16.5. The van der Waals surface area contributed by atoms with Crippen molar-refractivity contribution in [2.45, 2.75) is 59.7 Å². The van der Waals surface area contributed by atoms with Crippen molar-refractivity contribution >= 4 is 11.6 Å². The number of hydrogen-bond acceptors (Lipinski definition) is 5. The molecule has 43 heavy (non-hydrogen) atoms. The van der Waals surface area contributed by atoms with Gasteiger partial charge in [0.1, 0.15) is 19.6 Å². The fourth-order valence-corrected chi connectivity index (χ4v) is 6.57. The molecular formula is C35H47N4O4+. The normalized spacial score (nSPS) is 17.0. The second kappa shape index (κ2) is 13.5. The molecule has 2 N–H and O–H groups in total. The van der Waals surface area contributed by atoms with Crippen LogP contribution in [0.15, 0.2) is 47.3 Å². The number of aromatic nitrogens is 1. The van der Waals surface area contributed by atoms with Crippen LogP contribution < -0.4 is 15.8 Å². The monoisotopic (exact) mass is 587 g/mol. The minimum Gasteiger partial charge on any atom is -0.381 e. The Balaban J connectivity index is 1.47. The van der Waals surface area contributed by atoms with E-state index in [1.807, 2.05) is 32.9 Å². The van der Waals surface area contributed by atoms with Gasteiger partial charge in [-0.3, -0.25) is 9.59 Å². The Labute approximate surface area is 255 Å². The molecule has 1 aromatic heterocycles. The molecule has 230 valence electrons. The van der Waals surface area contributed by atoms with Gasteiger partial charge in [-0.05, 0) is 81.0 Å². The van der Waals surface area contributed by atoms with E-state index in [0.717, 1.165) is 104 Å².